The molecular formula is C18H16ClN3O2. The second-order valence-electron chi connectivity index (χ2n) is 5.25. The maximum atomic E-state index is 11.8. The number of rotatable bonds is 5. The number of amides is 1. The number of carbonyl (C=O) groups is 1. The Balaban J connectivity index is 1.57. The highest BCUT2D eigenvalue weighted by atomic mass is 35.5. The second kappa shape index (κ2) is 7.19. The molecule has 6 heteroatoms. The van der Waals surface area contributed by atoms with Crippen molar-refractivity contribution in [3.05, 3.63) is 65.3 Å². The van der Waals surface area contributed by atoms with Crippen LogP contribution in [-0.2, 0) is 11.8 Å². The highest BCUT2D eigenvalue weighted by molar-refractivity contribution is 6.30. The molecule has 0 unspecified atom stereocenters. The van der Waals surface area contributed by atoms with Crippen LogP contribution in [0.1, 0.15) is 5.56 Å². The second-order valence-corrected chi connectivity index (χ2v) is 5.68. The Morgan fingerprint density at radius 3 is 2.79 bits per heavy atom. The van der Waals surface area contributed by atoms with Gasteiger partial charge in [0.1, 0.15) is 5.75 Å². The lowest BCUT2D eigenvalue weighted by Gasteiger charge is -2.04. The molecule has 5 nitrogen and oxygen atoms in total. The van der Waals surface area contributed by atoms with Gasteiger partial charge in [0.05, 0.1) is 6.21 Å². The molecule has 0 saturated carbocycles. The number of benzene rings is 2. The van der Waals surface area contributed by atoms with Crippen LogP contribution in [-0.4, -0.2) is 23.3 Å². The summed E-state index contributed by atoms with van der Waals surface area (Å²) in [6, 6.07) is 14.8. The van der Waals surface area contributed by atoms with Gasteiger partial charge in [-0.15, -0.1) is 0 Å². The van der Waals surface area contributed by atoms with Gasteiger partial charge in [-0.3, -0.25) is 4.79 Å². The lowest BCUT2D eigenvalue weighted by atomic mass is 10.2. The van der Waals surface area contributed by atoms with Crippen LogP contribution in [0.15, 0.2) is 59.8 Å². The molecule has 0 aliphatic rings. The molecule has 3 rings (SSSR count). The van der Waals surface area contributed by atoms with Gasteiger partial charge in [-0.25, -0.2) is 5.43 Å². The summed E-state index contributed by atoms with van der Waals surface area (Å²) in [5.41, 5.74) is 4.50. The lowest BCUT2D eigenvalue weighted by molar-refractivity contribution is -0.123. The van der Waals surface area contributed by atoms with Crippen LogP contribution in [0, 0.1) is 0 Å². The van der Waals surface area contributed by atoms with Gasteiger partial charge in [0, 0.05) is 34.7 Å². The number of fused-ring (bicyclic) bond motifs is 1. The van der Waals surface area contributed by atoms with E-state index in [0.29, 0.717) is 10.8 Å². The minimum absolute atomic E-state index is 0.117. The van der Waals surface area contributed by atoms with Crippen molar-refractivity contribution in [3.8, 4) is 5.75 Å². The van der Waals surface area contributed by atoms with Gasteiger partial charge in [0.15, 0.2) is 6.61 Å². The van der Waals surface area contributed by atoms with Crippen LogP contribution in [0.25, 0.3) is 10.9 Å². The molecule has 1 amide bonds. The minimum Gasteiger partial charge on any atom is -0.484 e. The molecule has 24 heavy (non-hydrogen) atoms. The smallest absolute Gasteiger partial charge is 0.277 e. The number of carbonyl (C=O) groups excluding carboxylic acids is 1. The van der Waals surface area contributed by atoms with Crippen LogP contribution in [0.5, 0.6) is 5.75 Å². The van der Waals surface area contributed by atoms with Crippen molar-refractivity contribution in [3.63, 3.8) is 0 Å². The summed E-state index contributed by atoms with van der Waals surface area (Å²) >= 11 is 5.79. The monoisotopic (exact) mass is 341 g/mol. The average molecular weight is 342 g/mol. The Hall–Kier alpha value is -2.79. The fraction of sp³-hybridized carbons (Fsp3) is 0.111. The van der Waals surface area contributed by atoms with E-state index in [1.165, 1.54) is 0 Å². The number of hydrogen-bond donors (Lipinski definition) is 1. The third kappa shape index (κ3) is 3.75. The molecular weight excluding hydrogens is 326 g/mol. The van der Waals surface area contributed by atoms with E-state index in [1.54, 1.807) is 30.5 Å². The quantitative estimate of drug-likeness (QED) is 0.571. The van der Waals surface area contributed by atoms with Crippen LogP contribution in [0.4, 0.5) is 0 Å². The van der Waals surface area contributed by atoms with Gasteiger partial charge in [-0.05, 0) is 30.3 Å². The van der Waals surface area contributed by atoms with Crippen molar-refractivity contribution in [2.75, 3.05) is 6.61 Å². The Bertz CT molecular complexity index is 885. The van der Waals surface area contributed by atoms with Crippen molar-refractivity contribution in [2.24, 2.45) is 12.1 Å². The molecule has 1 aromatic heterocycles. The fourth-order valence-electron chi connectivity index (χ4n) is 2.36. The highest BCUT2D eigenvalue weighted by Gasteiger charge is 2.04. The summed E-state index contributed by atoms with van der Waals surface area (Å²) in [4.78, 5) is 11.8. The maximum Gasteiger partial charge on any atom is 0.277 e. The maximum absolute atomic E-state index is 11.8. The number of aryl methyl sites for hydroxylation is 1. The third-order valence-electron chi connectivity index (χ3n) is 3.50. The summed E-state index contributed by atoms with van der Waals surface area (Å²) in [7, 11) is 1.97. The molecule has 0 atom stereocenters. The van der Waals surface area contributed by atoms with Gasteiger partial charge in [-0.1, -0.05) is 29.8 Å². The predicted octanol–water partition coefficient (Wildman–Crippen LogP) is 3.36. The summed E-state index contributed by atoms with van der Waals surface area (Å²) in [6.07, 6.45) is 3.59. The molecule has 0 spiro atoms. The van der Waals surface area contributed by atoms with Crippen molar-refractivity contribution < 1.29 is 9.53 Å². The number of ether oxygens (including phenoxy) is 1. The summed E-state index contributed by atoms with van der Waals surface area (Å²) in [5.74, 6) is 0.244. The molecule has 2 aromatic carbocycles. The van der Waals surface area contributed by atoms with Gasteiger partial charge in [0.2, 0.25) is 0 Å². The summed E-state index contributed by atoms with van der Waals surface area (Å²) in [5, 5.41) is 5.69. The first-order valence-electron chi connectivity index (χ1n) is 7.38. The normalized spacial score (nSPS) is 11.1. The SMILES string of the molecule is Cn1cc(/C=N/NC(=O)COc2ccc(Cl)cc2)c2ccccc21. The Labute approximate surface area is 144 Å². The molecule has 0 saturated heterocycles. The molecule has 122 valence electrons. The number of hydrazone groups is 1. The van der Waals surface area contributed by atoms with E-state index in [9.17, 15) is 4.79 Å². The van der Waals surface area contributed by atoms with E-state index in [4.69, 9.17) is 16.3 Å². The zero-order valence-corrected chi connectivity index (χ0v) is 13.8. The molecule has 1 heterocycles. The van der Waals surface area contributed by atoms with E-state index < -0.39 is 0 Å². The minimum atomic E-state index is -0.332. The van der Waals surface area contributed by atoms with E-state index in [-0.39, 0.29) is 12.5 Å². The number of aromatic nitrogens is 1. The standard InChI is InChI=1S/C18H16ClN3O2/c1-22-11-13(16-4-2-3-5-17(16)22)10-20-21-18(23)12-24-15-8-6-14(19)7-9-15/h2-11H,12H2,1H3,(H,21,23)/b20-10+. The molecule has 1 N–H and O–H groups in total. The van der Waals surface area contributed by atoms with Crippen LogP contribution in [0.3, 0.4) is 0 Å². The summed E-state index contributed by atoms with van der Waals surface area (Å²) < 4.78 is 7.37. The van der Waals surface area contributed by atoms with E-state index in [0.717, 1.165) is 16.5 Å². The van der Waals surface area contributed by atoms with Crippen LogP contribution in [0.2, 0.25) is 5.02 Å². The topological polar surface area (TPSA) is 55.6 Å². The first kappa shape index (κ1) is 16.1. The number of para-hydroxylation sites is 1. The van der Waals surface area contributed by atoms with Crippen LogP contribution < -0.4 is 10.2 Å². The van der Waals surface area contributed by atoms with Gasteiger partial charge in [-0.2, -0.15) is 5.10 Å². The van der Waals surface area contributed by atoms with Crippen molar-refractivity contribution >= 4 is 34.6 Å². The predicted molar refractivity (Wildman–Crippen MR) is 95.6 cm³/mol. The van der Waals surface area contributed by atoms with Crippen molar-refractivity contribution in [1.29, 1.82) is 0 Å². The van der Waals surface area contributed by atoms with E-state index in [1.807, 2.05) is 42.1 Å². The zero-order chi connectivity index (χ0) is 16.9. The number of nitrogens with zero attached hydrogens (tertiary/aromatic N) is 2. The van der Waals surface area contributed by atoms with E-state index >= 15 is 0 Å². The van der Waals surface area contributed by atoms with Gasteiger partial charge in [0.25, 0.3) is 5.91 Å². The number of hydrogen-bond acceptors (Lipinski definition) is 3. The Morgan fingerprint density at radius 2 is 2.00 bits per heavy atom. The lowest BCUT2D eigenvalue weighted by Crippen LogP contribution is -2.24. The zero-order valence-electron chi connectivity index (χ0n) is 13.1. The van der Waals surface area contributed by atoms with Crippen molar-refractivity contribution in [1.82, 2.24) is 9.99 Å². The summed E-state index contributed by atoms with van der Waals surface area (Å²) in [6.45, 7) is -0.117. The number of nitrogens with one attached hydrogen (secondary N) is 1. The first-order chi connectivity index (χ1) is 11.6. The average Bonchev–Trinajstić information content (AvgIpc) is 2.91. The molecule has 0 aliphatic carbocycles. The molecule has 0 fully saturated rings. The first-order valence-corrected chi connectivity index (χ1v) is 7.75. The Morgan fingerprint density at radius 1 is 1.25 bits per heavy atom. The van der Waals surface area contributed by atoms with Crippen LogP contribution >= 0.6 is 11.6 Å². The highest BCUT2D eigenvalue weighted by Crippen LogP contribution is 2.18. The number of halogens is 1. The van der Waals surface area contributed by atoms with Gasteiger partial charge >= 0.3 is 0 Å². The molecule has 0 bridgehead atoms. The largest absolute Gasteiger partial charge is 0.484 e. The van der Waals surface area contributed by atoms with E-state index in [2.05, 4.69) is 10.5 Å². The molecule has 3 aromatic rings. The molecule has 0 radical (unpaired) electrons. The third-order valence-corrected chi connectivity index (χ3v) is 3.76. The molecule has 0 aliphatic heterocycles. The van der Waals surface area contributed by atoms with Gasteiger partial charge < -0.3 is 9.30 Å². The Kier molecular flexibility index (Phi) is 4.82. The van der Waals surface area contributed by atoms with Crippen molar-refractivity contribution in [2.45, 2.75) is 0 Å². The fourth-order valence-corrected chi connectivity index (χ4v) is 2.49.